The van der Waals surface area contributed by atoms with E-state index in [0.29, 0.717) is 23.2 Å². The van der Waals surface area contributed by atoms with Crippen LogP contribution in [0, 0.1) is 13.8 Å². The smallest absolute Gasteiger partial charge is 0.268 e. The summed E-state index contributed by atoms with van der Waals surface area (Å²) in [6.45, 7) is 5.86. The molecular formula is C26H26N2O4S2. The molecule has 2 aromatic carbocycles. The molecule has 0 spiro atoms. The van der Waals surface area contributed by atoms with Gasteiger partial charge in [0.05, 0.1) is 6.54 Å². The first-order valence-electron chi connectivity index (χ1n) is 10.9. The minimum Gasteiger partial charge on any atom is -0.352 e. The third kappa shape index (κ3) is 4.69. The number of benzene rings is 2. The Hall–Kier alpha value is -3.23. The second kappa shape index (κ2) is 9.56. The first kappa shape index (κ1) is 23.9. The Labute approximate surface area is 204 Å². The van der Waals surface area contributed by atoms with Crippen molar-refractivity contribution in [3.63, 3.8) is 0 Å². The first-order valence-corrected chi connectivity index (χ1v) is 13.3. The molecule has 0 radical (unpaired) electrons. The number of nitrogens with zero attached hydrogens (tertiary/aromatic N) is 1. The standard InChI is InChI=1S/C26H26N2O4S2/c1-17-6-9-22(15-18(17)2)24-19(3)26(30)28(34(24,31)32)16-20-7-10-21(11-8-20)25(29)27-13-12-23-5-4-14-33-23/h4-11,14-15H,12-13,16H2,1-3H3,(H,27,29). The summed E-state index contributed by atoms with van der Waals surface area (Å²) in [6.07, 6.45) is 0.769. The second-order valence-electron chi connectivity index (χ2n) is 8.35. The van der Waals surface area contributed by atoms with Crippen molar-refractivity contribution in [2.75, 3.05) is 6.54 Å². The van der Waals surface area contributed by atoms with Crippen LogP contribution in [0.5, 0.6) is 0 Å². The molecule has 1 aliphatic heterocycles. The third-order valence-corrected chi connectivity index (χ3v) is 8.85. The van der Waals surface area contributed by atoms with Gasteiger partial charge in [0.25, 0.3) is 21.8 Å². The van der Waals surface area contributed by atoms with Crippen LogP contribution in [0.2, 0.25) is 0 Å². The predicted molar refractivity (Wildman–Crippen MR) is 135 cm³/mol. The van der Waals surface area contributed by atoms with Crippen molar-refractivity contribution in [3.8, 4) is 0 Å². The number of aryl methyl sites for hydroxylation is 2. The highest BCUT2D eigenvalue weighted by molar-refractivity contribution is 7.99. The zero-order valence-corrected chi connectivity index (χ0v) is 20.9. The highest BCUT2D eigenvalue weighted by Crippen LogP contribution is 2.37. The Kier molecular flexibility index (Phi) is 6.72. The van der Waals surface area contributed by atoms with Crippen molar-refractivity contribution < 1.29 is 18.0 Å². The lowest BCUT2D eigenvalue weighted by molar-refractivity contribution is -0.122. The highest BCUT2D eigenvalue weighted by Gasteiger charge is 2.42. The van der Waals surface area contributed by atoms with E-state index in [4.69, 9.17) is 0 Å². The Morgan fingerprint density at radius 3 is 2.38 bits per heavy atom. The number of hydrogen-bond acceptors (Lipinski definition) is 5. The molecule has 6 nitrogen and oxygen atoms in total. The molecule has 0 aliphatic carbocycles. The van der Waals surface area contributed by atoms with Crippen molar-refractivity contribution >= 4 is 38.1 Å². The Morgan fingerprint density at radius 1 is 1.00 bits per heavy atom. The topological polar surface area (TPSA) is 83.6 Å². The number of rotatable bonds is 7. The summed E-state index contributed by atoms with van der Waals surface area (Å²) >= 11 is 1.65. The van der Waals surface area contributed by atoms with Crippen LogP contribution in [-0.4, -0.2) is 31.1 Å². The molecule has 0 bridgehead atoms. The van der Waals surface area contributed by atoms with Gasteiger partial charge in [0.2, 0.25) is 0 Å². The minimum atomic E-state index is -3.98. The van der Waals surface area contributed by atoms with Crippen LogP contribution in [0.1, 0.15) is 44.4 Å². The number of nitrogens with one attached hydrogen (secondary N) is 1. The molecule has 0 fully saturated rings. The van der Waals surface area contributed by atoms with Gasteiger partial charge in [-0.15, -0.1) is 11.3 Å². The molecule has 0 saturated heterocycles. The first-order chi connectivity index (χ1) is 16.2. The number of amides is 2. The summed E-state index contributed by atoms with van der Waals surface area (Å²) in [7, 11) is -3.98. The SMILES string of the molecule is CC1=C(c2ccc(C)c(C)c2)S(=O)(=O)N(Cc2ccc(C(=O)NCCc3cccs3)cc2)C1=O. The summed E-state index contributed by atoms with van der Waals surface area (Å²) in [5.74, 6) is -0.717. The summed E-state index contributed by atoms with van der Waals surface area (Å²) in [6, 6.07) is 16.1. The van der Waals surface area contributed by atoms with Gasteiger partial charge < -0.3 is 5.32 Å². The predicted octanol–water partition coefficient (Wildman–Crippen LogP) is 4.44. The molecule has 1 aromatic heterocycles. The van der Waals surface area contributed by atoms with Gasteiger partial charge in [0.1, 0.15) is 4.91 Å². The van der Waals surface area contributed by atoms with E-state index in [1.165, 1.54) is 4.88 Å². The summed E-state index contributed by atoms with van der Waals surface area (Å²) in [5, 5.41) is 4.89. The number of carbonyl (C=O) groups is 2. The van der Waals surface area contributed by atoms with E-state index in [1.54, 1.807) is 54.7 Å². The van der Waals surface area contributed by atoms with Crippen LogP contribution in [0.15, 0.2) is 65.6 Å². The van der Waals surface area contributed by atoms with Crippen molar-refractivity contribution in [2.24, 2.45) is 0 Å². The molecule has 3 aromatic rings. The van der Waals surface area contributed by atoms with Gasteiger partial charge >= 0.3 is 0 Å². The van der Waals surface area contributed by atoms with Crippen molar-refractivity contribution in [1.29, 1.82) is 0 Å². The highest BCUT2D eigenvalue weighted by atomic mass is 32.2. The van der Waals surface area contributed by atoms with Crippen LogP contribution in [0.4, 0.5) is 0 Å². The fourth-order valence-electron chi connectivity index (χ4n) is 3.89. The Morgan fingerprint density at radius 2 is 1.74 bits per heavy atom. The second-order valence-corrected chi connectivity index (χ2v) is 11.2. The van der Waals surface area contributed by atoms with E-state index in [-0.39, 0.29) is 22.9 Å². The molecule has 2 heterocycles. The summed E-state index contributed by atoms with van der Waals surface area (Å²) in [4.78, 5) is 26.5. The Balaban J connectivity index is 1.46. The van der Waals surface area contributed by atoms with Gasteiger partial charge in [0.15, 0.2) is 0 Å². The molecule has 0 unspecified atom stereocenters. The minimum absolute atomic E-state index is 0.0577. The molecule has 2 amide bonds. The zero-order chi connectivity index (χ0) is 24.5. The van der Waals surface area contributed by atoms with Crippen LogP contribution in [0.3, 0.4) is 0 Å². The largest absolute Gasteiger partial charge is 0.352 e. The number of hydrogen-bond donors (Lipinski definition) is 1. The molecule has 0 atom stereocenters. The van der Waals surface area contributed by atoms with Gasteiger partial charge in [-0.2, -0.15) is 0 Å². The molecular weight excluding hydrogens is 468 g/mol. The zero-order valence-electron chi connectivity index (χ0n) is 19.3. The summed E-state index contributed by atoms with van der Waals surface area (Å²) < 4.78 is 27.5. The van der Waals surface area contributed by atoms with Gasteiger partial charge in [-0.1, -0.05) is 36.4 Å². The Bertz CT molecular complexity index is 1370. The molecule has 176 valence electrons. The maximum atomic E-state index is 13.3. The van der Waals surface area contributed by atoms with Crippen LogP contribution >= 0.6 is 11.3 Å². The number of carbonyl (C=O) groups excluding carboxylic acids is 2. The average molecular weight is 495 g/mol. The van der Waals surface area contributed by atoms with E-state index in [9.17, 15) is 18.0 Å². The van der Waals surface area contributed by atoms with Crippen LogP contribution in [-0.2, 0) is 27.8 Å². The van der Waals surface area contributed by atoms with Gasteiger partial charge in [-0.25, -0.2) is 12.7 Å². The number of thiophene rings is 1. The lowest BCUT2D eigenvalue weighted by atomic mass is 10.0. The van der Waals surface area contributed by atoms with E-state index in [2.05, 4.69) is 5.32 Å². The van der Waals surface area contributed by atoms with Crippen molar-refractivity contribution in [3.05, 3.63) is 98.2 Å². The average Bonchev–Trinajstić information content (AvgIpc) is 3.38. The normalized spacial score (nSPS) is 15.1. The third-order valence-electron chi connectivity index (χ3n) is 5.98. The van der Waals surface area contributed by atoms with E-state index < -0.39 is 15.9 Å². The van der Waals surface area contributed by atoms with Gasteiger partial charge in [0, 0.05) is 22.6 Å². The molecule has 4 rings (SSSR count). The quantitative estimate of drug-likeness (QED) is 0.526. The fourth-order valence-corrected chi connectivity index (χ4v) is 6.39. The molecule has 1 N–H and O–H groups in total. The van der Waals surface area contributed by atoms with Gasteiger partial charge in [-0.05, 0) is 73.0 Å². The van der Waals surface area contributed by atoms with Crippen molar-refractivity contribution in [1.82, 2.24) is 9.62 Å². The lowest BCUT2D eigenvalue weighted by Crippen LogP contribution is -2.31. The molecule has 0 saturated carbocycles. The monoisotopic (exact) mass is 494 g/mol. The van der Waals surface area contributed by atoms with E-state index in [0.717, 1.165) is 21.9 Å². The van der Waals surface area contributed by atoms with E-state index >= 15 is 0 Å². The molecule has 8 heteroatoms. The maximum absolute atomic E-state index is 13.3. The molecule has 34 heavy (non-hydrogen) atoms. The van der Waals surface area contributed by atoms with Crippen LogP contribution < -0.4 is 5.32 Å². The van der Waals surface area contributed by atoms with Crippen molar-refractivity contribution in [2.45, 2.75) is 33.7 Å². The van der Waals surface area contributed by atoms with Gasteiger partial charge in [-0.3, -0.25) is 9.59 Å². The van der Waals surface area contributed by atoms with E-state index in [1.807, 2.05) is 37.4 Å². The number of sulfonamides is 1. The van der Waals surface area contributed by atoms with Crippen LogP contribution in [0.25, 0.3) is 4.91 Å². The summed E-state index contributed by atoms with van der Waals surface area (Å²) in [5.41, 5.74) is 3.85. The maximum Gasteiger partial charge on any atom is 0.268 e. The molecule has 1 aliphatic rings. The fraction of sp³-hybridized carbons (Fsp3) is 0.231. The lowest BCUT2D eigenvalue weighted by Gasteiger charge is -2.17.